The molecule has 0 saturated heterocycles. The molecule has 4 heteroatoms. The van der Waals surface area contributed by atoms with Crippen molar-refractivity contribution in [3.8, 4) is 0 Å². The second-order valence-electron chi connectivity index (χ2n) is 3.33. The van der Waals surface area contributed by atoms with Gasteiger partial charge in [-0.2, -0.15) is 0 Å². The topological polar surface area (TPSA) is 52.6 Å². The lowest BCUT2D eigenvalue weighted by atomic mass is 10.3. The monoisotopic (exact) mass is 214 g/mol. The molecule has 0 radical (unpaired) electrons. The first-order valence-electron chi connectivity index (χ1n) is 5.53. The minimum Gasteiger partial charge on any atom is -0.478 e. The number of carboxylic acids is 1. The Balaban J connectivity index is 3.28. The molecule has 15 heavy (non-hydrogen) atoms. The van der Waals surface area contributed by atoms with E-state index >= 15 is 0 Å². The average Bonchev–Trinajstić information content (AvgIpc) is 2.22. The summed E-state index contributed by atoms with van der Waals surface area (Å²) in [7, 11) is 0. The van der Waals surface area contributed by atoms with Gasteiger partial charge in [0.2, 0.25) is 0 Å². The standard InChI is InChI=1S/C11H22N2O2/c1-3-13(4-2)10-6-9-12-8-5-7-11(14)15/h5,7,12H,3-4,6,8-10H2,1-2H3,(H,14,15)/b7-5+. The van der Waals surface area contributed by atoms with Crippen LogP contribution in [0, 0.1) is 0 Å². The molecular weight excluding hydrogens is 192 g/mol. The SMILES string of the molecule is CCN(CC)CCCNC/C=C/C(=O)O. The zero-order valence-electron chi connectivity index (χ0n) is 9.70. The molecule has 0 unspecified atom stereocenters. The molecule has 0 heterocycles. The van der Waals surface area contributed by atoms with E-state index in [-0.39, 0.29) is 0 Å². The van der Waals surface area contributed by atoms with Crippen molar-refractivity contribution in [2.75, 3.05) is 32.7 Å². The van der Waals surface area contributed by atoms with Crippen molar-refractivity contribution in [3.05, 3.63) is 12.2 Å². The number of aliphatic carboxylic acids is 1. The van der Waals surface area contributed by atoms with Gasteiger partial charge in [0.1, 0.15) is 0 Å². The fourth-order valence-electron chi connectivity index (χ4n) is 1.31. The molecule has 0 aliphatic heterocycles. The van der Waals surface area contributed by atoms with Crippen molar-refractivity contribution in [3.63, 3.8) is 0 Å². The molecule has 0 aliphatic rings. The van der Waals surface area contributed by atoms with Crippen LogP contribution in [0.3, 0.4) is 0 Å². The summed E-state index contributed by atoms with van der Waals surface area (Å²) < 4.78 is 0. The Bertz CT molecular complexity index is 189. The average molecular weight is 214 g/mol. The molecule has 88 valence electrons. The lowest BCUT2D eigenvalue weighted by molar-refractivity contribution is -0.131. The number of carboxylic acid groups (broad SMARTS) is 1. The molecule has 2 N–H and O–H groups in total. The van der Waals surface area contributed by atoms with Crippen LogP contribution in [0.25, 0.3) is 0 Å². The van der Waals surface area contributed by atoms with E-state index in [0.717, 1.165) is 38.7 Å². The minimum absolute atomic E-state index is 0.630. The van der Waals surface area contributed by atoms with E-state index in [2.05, 4.69) is 24.1 Å². The smallest absolute Gasteiger partial charge is 0.328 e. The van der Waals surface area contributed by atoms with Crippen LogP contribution in [-0.4, -0.2) is 48.7 Å². The Kier molecular flexibility index (Phi) is 9.11. The van der Waals surface area contributed by atoms with Crippen molar-refractivity contribution < 1.29 is 9.90 Å². The van der Waals surface area contributed by atoms with E-state index in [1.54, 1.807) is 6.08 Å². The quantitative estimate of drug-likeness (QED) is 0.443. The summed E-state index contributed by atoms with van der Waals surface area (Å²) >= 11 is 0. The lowest BCUT2D eigenvalue weighted by Gasteiger charge is -2.17. The molecule has 0 aromatic carbocycles. The Morgan fingerprint density at radius 2 is 2.07 bits per heavy atom. The Morgan fingerprint density at radius 3 is 2.60 bits per heavy atom. The molecule has 0 fully saturated rings. The van der Waals surface area contributed by atoms with Crippen LogP contribution >= 0.6 is 0 Å². The van der Waals surface area contributed by atoms with Gasteiger partial charge in [-0.1, -0.05) is 19.9 Å². The van der Waals surface area contributed by atoms with Crippen molar-refractivity contribution >= 4 is 5.97 Å². The molecule has 4 nitrogen and oxygen atoms in total. The third kappa shape index (κ3) is 9.43. The number of hydrogen-bond donors (Lipinski definition) is 2. The highest BCUT2D eigenvalue weighted by atomic mass is 16.4. The maximum Gasteiger partial charge on any atom is 0.328 e. The summed E-state index contributed by atoms with van der Waals surface area (Å²) in [5, 5.41) is 11.5. The Labute approximate surface area is 92.0 Å². The zero-order chi connectivity index (χ0) is 11.5. The molecule has 0 bridgehead atoms. The molecule has 0 aliphatic carbocycles. The molecular formula is C11H22N2O2. The first-order chi connectivity index (χ1) is 7.20. The van der Waals surface area contributed by atoms with E-state index in [1.165, 1.54) is 0 Å². The van der Waals surface area contributed by atoms with Crippen molar-refractivity contribution in [2.45, 2.75) is 20.3 Å². The first-order valence-corrected chi connectivity index (χ1v) is 5.53. The summed E-state index contributed by atoms with van der Waals surface area (Å²) in [4.78, 5) is 12.5. The van der Waals surface area contributed by atoms with Crippen molar-refractivity contribution in [1.29, 1.82) is 0 Å². The van der Waals surface area contributed by atoms with E-state index in [4.69, 9.17) is 5.11 Å². The highest BCUT2D eigenvalue weighted by molar-refractivity contribution is 5.79. The van der Waals surface area contributed by atoms with Gasteiger partial charge >= 0.3 is 5.97 Å². The van der Waals surface area contributed by atoms with Gasteiger partial charge in [-0.3, -0.25) is 0 Å². The van der Waals surface area contributed by atoms with Crippen LogP contribution in [0.1, 0.15) is 20.3 Å². The second-order valence-corrected chi connectivity index (χ2v) is 3.33. The summed E-state index contributed by atoms with van der Waals surface area (Å²) in [5.74, 6) is -0.889. The fraction of sp³-hybridized carbons (Fsp3) is 0.727. The van der Waals surface area contributed by atoms with Crippen LogP contribution in [-0.2, 0) is 4.79 Å². The summed E-state index contributed by atoms with van der Waals surface area (Å²) in [6, 6.07) is 0. The van der Waals surface area contributed by atoms with Crippen LogP contribution in [0.5, 0.6) is 0 Å². The van der Waals surface area contributed by atoms with Gasteiger partial charge in [0.05, 0.1) is 0 Å². The minimum atomic E-state index is -0.889. The number of rotatable bonds is 9. The van der Waals surface area contributed by atoms with E-state index in [1.807, 2.05) is 0 Å². The molecule has 0 aromatic heterocycles. The normalized spacial score (nSPS) is 11.4. The predicted molar refractivity (Wildman–Crippen MR) is 62.1 cm³/mol. The predicted octanol–water partition coefficient (Wildman–Crippen LogP) is 0.949. The molecule has 0 amide bonds. The van der Waals surface area contributed by atoms with Gasteiger partial charge < -0.3 is 15.3 Å². The third-order valence-corrected chi connectivity index (χ3v) is 2.24. The van der Waals surface area contributed by atoms with Crippen molar-refractivity contribution in [2.24, 2.45) is 0 Å². The van der Waals surface area contributed by atoms with Gasteiger partial charge in [0.25, 0.3) is 0 Å². The number of carbonyl (C=O) groups is 1. The number of nitrogens with one attached hydrogen (secondary N) is 1. The van der Waals surface area contributed by atoms with Crippen LogP contribution < -0.4 is 5.32 Å². The summed E-state index contributed by atoms with van der Waals surface area (Å²) in [6.07, 6.45) is 3.89. The van der Waals surface area contributed by atoms with Gasteiger partial charge in [-0.25, -0.2) is 4.79 Å². The highest BCUT2D eigenvalue weighted by Gasteiger charge is 1.96. The van der Waals surface area contributed by atoms with Gasteiger partial charge in [-0.05, 0) is 32.6 Å². The third-order valence-electron chi connectivity index (χ3n) is 2.24. The van der Waals surface area contributed by atoms with Gasteiger partial charge in [-0.15, -0.1) is 0 Å². The van der Waals surface area contributed by atoms with Crippen LogP contribution in [0.2, 0.25) is 0 Å². The van der Waals surface area contributed by atoms with Gasteiger partial charge in [0, 0.05) is 12.6 Å². The zero-order valence-corrected chi connectivity index (χ0v) is 9.70. The molecule has 0 rings (SSSR count). The maximum absolute atomic E-state index is 10.1. The summed E-state index contributed by atoms with van der Waals surface area (Å²) in [5.41, 5.74) is 0. The van der Waals surface area contributed by atoms with Crippen molar-refractivity contribution in [1.82, 2.24) is 10.2 Å². The van der Waals surface area contributed by atoms with E-state index in [9.17, 15) is 4.79 Å². The molecule has 0 atom stereocenters. The lowest BCUT2D eigenvalue weighted by Crippen LogP contribution is -2.27. The fourth-order valence-corrected chi connectivity index (χ4v) is 1.31. The largest absolute Gasteiger partial charge is 0.478 e. The Morgan fingerprint density at radius 1 is 1.40 bits per heavy atom. The first kappa shape index (κ1) is 14.1. The maximum atomic E-state index is 10.1. The van der Waals surface area contributed by atoms with Crippen LogP contribution in [0.15, 0.2) is 12.2 Å². The second kappa shape index (κ2) is 9.68. The van der Waals surface area contributed by atoms with Gasteiger partial charge in [0.15, 0.2) is 0 Å². The van der Waals surface area contributed by atoms with Crippen LogP contribution in [0.4, 0.5) is 0 Å². The highest BCUT2D eigenvalue weighted by Crippen LogP contribution is 1.88. The summed E-state index contributed by atoms with van der Waals surface area (Å²) in [6.45, 7) is 9.16. The molecule has 0 spiro atoms. The number of nitrogens with zero attached hydrogens (tertiary/aromatic N) is 1. The number of hydrogen-bond acceptors (Lipinski definition) is 3. The molecule has 0 aromatic rings. The van der Waals surface area contributed by atoms with E-state index < -0.39 is 5.97 Å². The molecule has 0 saturated carbocycles. The van der Waals surface area contributed by atoms with E-state index in [0.29, 0.717) is 6.54 Å². The Hall–Kier alpha value is -0.870.